The topological polar surface area (TPSA) is 88.3 Å². The van der Waals surface area contributed by atoms with Crippen molar-refractivity contribution in [1.82, 2.24) is 24.6 Å². The van der Waals surface area contributed by atoms with Crippen molar-refractivity contribution in [2.75, 3.05) is 31.6 Å². The number of likely N-dealkylation sites (tertiary alicyclic amines) is 1. The van der Waals surface area contributed by atoms with Gasteiger partial charge in [0.05, 0.1) is 43.1 Å². The Labute approximate surface area is 191 Å². The highest BCUT2D eigenvalue weighted by atomic mass is 35.5. The summed E-state index contributed by atoms with van der Waals surface area (Å²) in [5.74, 6) is 1.87. The Kier molecular flexibility index (Phi) is 5.25. The van der Waals surface area contributed by atoms with Gasteiger partial charge in [-0.05, 0) is 62.4 Å². The molecule has 0 amide bonds. The van der Waals surface area contributed by atoms with Crippen LogP contribution >= 0.6 is 11.6 Å². The predicted molar refractivity (Wildman–Crippen MR) is 122 cm³/mol. The van der Waals surface area contributed by atoms with E-state index in [1.54, 1.807) is 0 Å². The van der Waals surface area contributed by atoms with Gasteiger partial charge in [0.1, 0.15) is 5.82 Å². The van der Waals surface area contributed by atoms with E-state index >= 15 is 0 Å². The van der Waals surface area contributed by atoms with E-state index in [1.807, 2.05) is 29.2 Å². The van der Waals surface area contributed by atoms with E-state index < -0.39 is 0 Å². The number of benzene rings is 1. The van der Waals surface area contributed by atoms with Crippen molar-refractivity contribution >= 4 is 34.3 Å². The van der Waals surface area contributed by atoms with E-state index in [-0.39, 0.29) is 12.1 Å². The second-order valence-electron chi connectivity index (χ2n) is 9.13. The molecule has 0 radical (unpaired) electrons. The highest BCUT2D eigenvalue weighted by Crippen LogP contribution is 2.38. The van der Waals surface area contributed by atoms with Crippen molar-refractivity contribution in [3.05, 3.63) is 41.2 Å². The van der Waals surface area contributed by atoms with Crippen LogP contribution in [0.25, 0.3) is 10.9 Å². The molecule has 168 valence electrons. The third-order valence-electron chi connectivity index (χ3n) is 6.96. The van der Waals surface area contributed by atoms with Gasteiger partial charge >= 0.3 is 0 Å². The molecular formula is C23H27ClN6O2. The zero-order valence-corrected chi connectivity index (χ0v) is 18.6. The number of aromatic nitrogens is 4. The highest BCUT2D eigenvalue weighted by Gasteiger charge is 2.34. The Morgan fingerprint density at radius 3 is 2.72 bits per heavy atom. The fraction of sp³-hybridized carbons (Fsp3) is 0.522. The lowest BCUT2D eigenvalue weighted by Crippen LogP contribution is -2.46. The monoisotopic (exact) mass is 454 g/mol. The molecule has 2 aromatic heterocycles. The van der Waals surface area contributed by atoms with Gasteiger partial charge in [0.15, 0.2) is 0 Å². The number of hydrogen-bond donors (Lipinski definition) is 2. The van der Waals surface area contributed by atoms with Crippen molar-refractivity contribution in [1.29, 1.82) is 0 Å². The molecule has 1 aromatic carbocycles. The molecule has 0 bridgehead atoms. The fourth-order valence-electron chi connectivity index (χ4n) is 5.00. The van der Waals surface area contributed by atoms with Crippen LogP contribution in [0.15, 0.2) is 30.6 Å². The molecule has 2 atom stereocenters. The largest absolute Gasteiger partial charge is 0.389 e. The Bertz CT molecular complexity index is 1120. The number of hydrogen-bond acceptors (Lipinski definition) is 7. The van der Waals surface area contributed by atoms with E-state index in [2.05, 4.69) is 26.4 Å². The van der Waals surface area contributed by atoms with Crippen LogP contribution in [0.5, 0.6) is 0 Å². The molecule has 8 nitrogen and oxygen atoms in total. The van der Waals surface area contributed by atoms with Crippen molar-refractivity contribution in [2.45, 2.75) is 49.8 Å². The van der Waals surface area contributed by atoms with Crippen LogP contribution in [-0.2, 0) is 4.74 Å². The number of halogens is 1. The number of nitrogens with one attached hydrogen (secondary N) is 1. The maximum Gasteiger partial charge on any atom is 0.228 e. The maximum absolute atomic E-state index is 10.1. The third kappa shape index (κ3) is 3.85. The van der Waals surface area contributed by atoms with Gasteiger partial charge in [-0.1, -0.05) is 11.6 Å². The third-order valence-corrected chi connectivity index (χ3v) is 7.29. The molecule has 2 aliphatic heterocycles. The van der Waals surface area contributed by atoms with Crippen LogP contribution in [0, 0.1) is 0 Å². The van der Waals surface area contributed by atoms with Gasteiger partial charge in [-0.15, -0.1) is 0 Å². The zero-order chi connectivity index (χ0) is 21.7. The molecule has 2 unspecified atom stereocenters. The van der Waals surface area contributed by atoms with Crippen LogP contribution in [-0.4, -0.2) is 68.2 Å². The van der Waals surface area contributed by atoms with Gasteiger partial charge in [0.25, 0.3) is 0 Å². The molecule has 4 heterocycles. The number of rotatable bonds is 5. The SMILES string of the molecule is OC1COCC1N1CCC(c2cc3nc(Nc4ccnn4C4CC4)ncc3cc2Cl)CC1. The number of ether oxygens (including phenoxy) is 1. The summed E-state index contributed by atoms with van der Waals surface area (Å²) in [6.07, 6.45) is 7.60. The van der Waals surface area contributed by atoms with Crippen molar-refractivity contribution in [3.63, 3.8) is 0 Å². The first-order valence-electron chi connectivity index (χ1n) is 11.4. The summed E-state index contributed by atoms with van der Waals surface area (Å²) in [6, 6.07) is 6.66. The molecule has 9 heteroatoms. The van der Waals surface area contributed by atoms with Crippen molar-refractivity contribution in [3.8, 4) is 0 Å². The van der Waals surface area contributed by atoms with Gasteiger partial charge in [-0.25, -0.2) is 14.6 Å². The second-order valence-corrected chi connectivity index (χ2v) is 9.53. The molecule has 1 saturated carbocycles. The standard InChI is InChI=1S/C23H27ClN6O2/c24-18-9-15-11-25-23(28-22-3-6-26-30(22)16-1-2-16)27-19(15)10-17(18)14-4-7-29(8-5-14)20-12-32-13-21(20)31/h3,6,9-11,14,16,20-21,31H,1-2,4-5,7-8,12-13H2,(H,25,27,28). The van der Waals surface area contributed by atoms with E-state index in [0.29, 0.717) is 31.1 Å². The molecule has 32 heavy (non-hydrogen) atoms. The summed E-state index contributed by atoms with van der Waals surface area (Å²) in [5, 5.41) is 19.6. The Balaban J connectivity index is 1.21. The predicted octanol–water partition coefficient (Wildman–Crippen LogP) is 3.50. The molecule has 1 aliphatic carbocycles. The van der Waals surface area contributed by atoms with E-state index in [4.69, 9.17) is 21.3 Å². The molecule has 3 fully saturated rings. The summed E-state index contributed by atoms with van der Waals surface area (Å²) in [7, 11) is 0. The van der Waals surface area contributed by atoms with Crippen LogP contribution < -0.4 is 5.32 Å². The molecular weight excluding hydrogens is 428 g/mol. The minimum atomic E-state index is -0.380. The minimum absolute atomic E-state index is 0.119. The lowest BCUT2D eigenvalue weighted by Gasteiger charge is -2.36. The Morgan fingerprint density at radius 2 is 1.97 bits per heavy atom. The number of aliphatic hydroxyl groups is 1. The van der Waals surface area contributed by atoms with Crippen LogP contribution in [0.2, 0.25) is 5.02 Å². The van der Waals surface area contributed by atoms with E-state index in [9.17, 15) is 5.11 Å². The number of aliphatic hydroxyl groups excluding tert-OH is 1. The first-order chi connectivity index (χ1) is 15.7. The minimum Gasteiger partial charge on any atom is -0.389 e. The molecule has 6 rings (SSSR count). The normalized spacial score (nSPS) is 24.9. The van der Waals surface area contributed by atoms with E-state index in [1.165, 1.54) is 12.8 Å². The van der Waals surface area contributed by atoms with Gasteiger partial charge in [0, 0.05) is 22.7 Å². The number of anilines is 2. The summed E-state index contributed by atoms with van der Waals surface area (Å²) in [5.41, 5.74) is 2.04. The average Bonchev–Trinajstić information content (AvgIpc) is 3.39. The van der Waals surface area contributed by atoms with Gasteiger partial charge < -0.3 is 15.2 Å². The molecule has 0 spiro atoms. The molecule has 2 saturated heterocycles. The van der Waals surface area contributed by atoms with Crippen molar-refractivity contribution < 1.29 is 9.84 Å². The first kappa shape index (κ1) is 20.4. The highest BCUT2D eigenvalue weighted by molar-refractivity contribution is 6.32. The van der Waals surface area contributed by atoms with Gasteiger partial charge in [-0.3, -0.25) is 4.90 Å². The summed E-state index contributed by atoms with van der Waals surface area (Å²) in [6.45, 7) is 2.94. The van der Waals surface area contributed by atoms with Gasteiger partial charge in [-0.2, -0.15) is 5.10 Å². The van der Waals surface area contributed by atoms with Crippen LogP contribution in [0.3, 0.4) is 0 Å². The number of nitrogens with zero attached hydrogens (tertiary/aromatic N) is 5. The number of piperidine rings is 1. The smallest absolute Gasteiger partial charge is 0.228 e. The first-order valence-corrected chi connectivity index (χ1v) is 11.8. The zero-order valence-electron chi connectivity index (χ0n) is 17.8. The van der Waals surface area contributed by atoms with Crippen LogP contribution in [0.1, 0.15) is 43.2 Å². The summed E-state index contributed by atoms with van der Waals surface area (Å²) < 4.78 is 7.45. The van der Waals surface area contributed by atoms with Crippen LogP contribution in [0.4, 0.5) is 11.8 Å². The fourth-order valence-corrected chi connectivity index (χ4v) is 5.33. The molecule has 2 N–H and O–H groups in total. The Morgan fingerprint density at radius 1 is 1.12 bits per heavy atom. The van der Waals surface area contributed by atoms with Gasteiger partial charge in [0.2, 0.25) is 5.95 Å². The molecule has 3 aromatic rings. The lowest BCUT2D eigenvalue weighted by atomic mass is 9.88. The Hall–Kier alpha value is -2.26. The maximum atomic E-state index is 10.1. The molecule has 3 aliphatic rings. The second kappa shape index (κ2) is 8.26. The summed E-state index contributed by atoms with van der Waals surface area (Å²) in [4.78, 5) is 11.6. The lowest BCUT2D eigenvalue weighted by molar-refractivity contribution is 0.0663. The summed E-state index contributed by atoms with van der Waals surface area (Å²) >= 11 is 6.68. The average molecular weight is 455 g/mol. The van der Waals surface area contributed by atoms with E-state index in [0.717, 1.165) is 53.2 Å². The van der Waals surface area contributed by atoms with Crippen molar-refractivity contribution in [2.24, 2.45) is 0 Å². The number of fused-ring (bicyclic) bond motifs is 1. The quantitative estimate of drug-likeness (QED) is 0.610.